The number of hydrogen-bond donors (Lipinski definition) is 3. The maximum absolute atomic E-state index is 12.2. The summed E-state index contributed by atoms with van der Waals surface area (Å²) in [7, 11) is 0. The van der Waals surface area contributed by atoms with E-state index in [2.05, 4.69) is 12.2 Å². The van der Waals surface area contributed by atoms with Crippen LogP contribution in [-0.4, -0.2) is 28.6 Å². The molecule has 1 fully saturated rings. The van der Waals surface area contributed by atoms with Crippen LogP contribution in [0.1, 0.15) is 58.8 Å². The Morgan fingerprint density at radius 1 is 1.53 bits per heavy atom. The monoisotopic (exact) mass is 270 g/mol. The molecule has 1 aliphatic rings. The minimum atomic E-state index is -0.978. The van der Waals surface area contributed by atoms with Crippen molar-refractivity contribution in [3.63, 3.8) is 0 Å². The minimum Gasteiger partial charge on any atom is -0.480 e. The molecule has 5 nitrogen and oxygen atoms in total. The van der Waals surface area contributed by atoms with Crippen molar-refractivity contribution in [3.8, 4) is 0 Å². The lowest BCUT2D eigenvalue weighted by Gasteiger charge is -2.36. The predicted molar refractivity (Wildman–Crippen MR) is 73.6 cm³/mol. The molecule has 0 spiro atoms. The van der Waals surface area contributed by atoms with Crippen molar-refractivity contribution >= 4 is 11.9 Å². The molecule has 0 radical (unpaired) electrons. The minimum absolute atomic E-state index is 0.303. The molecule has 5 heteroatoms. The van der Waals surface area contributed by atoms with Crippen molar-refractivity contribution in [3.05, 3.63) is 0 Å². The van der Waals surface area contributed by atoms with Gasteiger partial charge in [-0.2, -0.15) is 0 Å². The van der Waals surface area contributed by atoms with E-state index in [0.29, 0.717) is 25.2 Å². The second kappa shape index (κ2) is 6.89. The first-order chi connectivity index (χ1) is 8.89. The highest BCUT2D eigenvalue weighted by Gasteiger charge is 2.39. The summed E-state index contributed by atoms with van der Waals surface area (Å²) in [5.41, 5.74) is 5.27. The van der Waals surface area contributed by atoms with Crippen LogP contribution in [0.15, 0.2) is 0 Å². The van der Waals surface area contributed by atoms with Crippen LogP contribution in [0.25, 0.3) is 0 Å². The number of carbonyl (C=O) groups is 2. The van der Waals surface area contributed by atoms with E-state index in [1.807, 2.05) is 6.92 Å². The van der Waals surface area contributed by atoms with Gasteiger partial charge in [-0.3, -0.25) is 4.79 Å². The quantitative estimate of drug-likeness (QED) is 0.684. The summed E-state index contributed by atoms with van der Waals surface area (Å²) in [5.74, 6) is -0.861. The van der Waals surface area contributed by atoms with Crippen LogP contribution < -0.4 is 11.1 Å². The maximum Gasteiger partial charge on any atom is 0.326 e. The normalized spacial score (nSPS) is 28.7. The molecule has 110 valence electrons. The largest absolute Gasteiger partial charge is 0.480 e. The first-order valence-electron chi connectivity index (χ1n) is 7.21. The number of hydrogen-bond acceptors (Lipinski definition) is 3. The van der Waals surface area contributed by atoms with E-state index in [1.165, 1.54) is 0 Å². The molecule has 0 bridgehead atoms. The van der Waals surface area contributed by atoms with Gasteiger partial charge in [-0.1, -0.05) is 39.5 Å². The maximum atomic E-state index is 12.2. The molecule has 1 rings (SSSR count). The number of carboxylic acids is 1. The van der Waals surface area contributed by atoms with Crippen LogP contribution in [0.2, 0.25) is 0 Å². The highest BCUT2D eigenvalue weighted by molar-refractivity contribution is 5.90. The number of amides is 1. The summed E-state index contributed by atoms with van der Waals surface area (Å²) in [6, 6.07) is -0.815. The van der Waals surface area contributed by atoms with Gasteiger partial charge in [0.25, 0.3) is 0 Å². The molecule has 0 aromatic rings. The molecule has 3 unspecified atom stereocenters. The standard InChI is InChI=1S/C14H26N2O3/c1-3-4-7-11(12(17)18)16-13(19)14(15)8-5-6-10(2)9-14/h10-11H,3-9,15H2,1-2H3,(H,16,19)(H,17,18). The van der Waals surface area contributed by atoms with Gasteiger partial charge in [-0.05, 0) is 25.2 Å². The molecule has 0 heterocycles. The molecule has 0 aliphatic heterocycles. The molecular formula is C14H26N2O3. The Morgan fingerprint density at radius 3 is 2.74 bits per heavy atom. The Balaban J connectivity index is 2.62. The van der Waals surface area contributed by atoms with Gasteiger partial charge in [0, 0.05) is 0 Å². The summed E-state index contributed by atoms with van der Waals surface area (Å²) in [4.78, 5) is 23.4. The van der Waals surface area contributed by atoms with Crippen LogP contribution in [0, 0.1) is 5.92 Å². The molecule has 19 heavy (non-hydrogen) atoms. The molecule has 3 atom stereocenters. The van der Waals surface area contributed by atoms with Gasteiger partial charge >= 0.3 is 5.97 Å². The van der Waals surface area contributed by atoms with Crippen LogP contribution in [0.4, 0.5) is 0 Å². The van der Waals surface area contributed by atoms with Gasteiger partial charge in [0.1, 0.15) is 6.04 Å². The van der Waals surface area contributed by atoms with Crippen molar-refractivity contribution in [2.45, 2.75) is 70.4 Å². The highest BCUT2D eigenvalue weighted by atomic mass is 16.4. The van der Waals surface area contributed by atoms with Crippen molar-refractivity contribution in [2.24, 2.45) is 11.7 Å². The summed E-state index contributed by atoms with van der Waals surface area (Å²) >= 11 is 0. The SMILES string of the molecule is CCCCC(NC(=O)C1(N)CCCC(C)C1)C(=O)O. The van der Waals surface area contributed by atoms with E-state index < -0.39 is 17.6 Å². The lowest BCUT2D eigenvalue weighted by molar-refractivity contribution is -0.143. The number of unbranched alkanes of at least 4 members (excludes halogenated alkanes) is 1. The number of carboxylic acid groups (broad SMARTS) is 1. The molecule has 0 aromatic heterocycles. The Bertz CT molecular complexity index is 333. The molecule has 1 saturated carbocycles. The summed E-state index contributed by atoms with van der Waals surface area (Å²) in [6.45, 7) is 4.08. The van der Waals surface area contributed by atoms with Crippen LogP contribution in [0.5, 0.6) is 0 Å². The number of nitrogens with two attached hydrogens (primary N) is 1. The van der Waals surface area contributed by atoms with E-state index in [4.69, 9.17) is 10.8 Å². The van der Waals surface area contributed by atoms with Gasteiger partial charge in [-0.25, -0.2) is 4.79 Å². The molecule has 1 aliphatic carbocycles. The molecule has 1 amide bonds. The first-order valence-corrected chi connectivity index (χ1v) is 7.21. The Morgan fingerprint density at radius 2 is 2.21 bits per heavy atom. The number of nitrogens with one attached hydrogen (secondary N) is 1. The van der Waals surface area contributed by atoms with Gasteiger partial charge < -0.3 is 16.2 Å². The van der Waals surface area contributed by atoms with Crippen LogP contribution in [-0.2, 0) is 9.59 Å². The van der Waals surface area contributed by atoms with Crippen molar-refractivity contribution < 1.29 is 14.7 Å². The molecule has 4 N–H and O–H groups in total. The van der Waals surface area contributed by atoms with Crippen molar-refractivity contribution in [2.75, 3.05) is 0 Å². The second-order valence-corrected chi connectivity index (χ2v) is 5.86. The zero-order valence-corrected chi connectivity index (χ0v) is 11.9. The third-order valence-electron chi connectivity index (χ3n) is 3.93. The topological polar surface area (TPSA) is 92.4 Å². The lowest BCUT2D eigenvalue weighted by Crippen LogP contribution is -2.59. The fourth-order valence-corrected chi connectivity index (χ4v) is 2.77. The summed E-state index contributed by atoms with van der Waals surface area (Å²) in [5, 5.41) is 11.7. The van der Waals surface area contributed by atoms with E-state index in [0.717, 1.165) is 25.7 Å². The van der Waals surface area contributed by atoms with Crippen molar-refractivity contribution in [1.82, 2.24) is 5.32 Å². The van der Waals surface area contributed by atoms with Crippen molar-refractivity contribution in [1.29, 1.82) is 0 Å². The zero-order valence-electron chi connectivity index (χ0n) is 11.9. The Labute approximate surface area is 114 Å². The lowest BCUT2D eigenvalue weighted by atomic mass is 9.76. The van der Waals surface area contributed by atoms with Crippen LogP contribution in [0.3, 0.4) is 0 Å². The number of rotatable bonds is 6. The summed E-state index contributed by atoms with van der Waals surface area (Å²) < 4.78 is 0. The van der Waals surface area contributed by atoms with E-state index in [-0.39, 0.29) is 5.91 Å². The summed E-state index contributed by atoms with van der Waals surface area (Å²) in [6.07, 6.45) is 5.45. The fraction of sp³-hybridized carbons (Fsp3) is 0.857. The number of aliphatic carboxylic acids is 1. The second-order valence-electron chi connectivity index (χ2n) is 5.86. The molecule has 0 saturated heterocycles. The third-order valence-corrected chi connectivity index (χ3v) is 3.93. The van der Waals surface area contributed by atoms with E-state index >= 15 is 0 Å². The molecular weight excluding hydrogens is 244 g/mol. The van der Waals surface area contributed by atoms with Crippen LogP contribution >= 0.6 is 0 Å². The zero-order chi connectivity index (χ0) is 14.5. The average molecular weight is 270 g/mol. The average Bonchev–Trinajstić information content (AvgIpc) is 2.33. The first kappa shape index (κ1) is 16.0. The Hall–Kier alpha value is -1.10. The van der Waals surface area contributed by atoms with Gasteiger partial charge in [-0.15, -0.1) is 0 Å². The smallest absolute Gasteiger partial charge is 0.326 e. The fourth-order valence-electron chi connectivity index (χ4n) is 2.77. The highest BCUT2D eigenvalue weighted by Crippen LogP contribution is 2.30. The van der Waals surface area contributed by atoms with Gasteiger partial charge in [0.2, 0.25) is 5.91 Å². The Kier molecular flexibility index (Phi) is 5.79. The third kappa shape index (κ3) is 4.49. The molecule has 0 aromatic carbocycles. The van der Waals surface area contributed by atoms with E-state index in [1.54, 1.807) is 0 Å². The number of carbonyl (C=O) groups excluding carboxylic acids is 1. The predicted octanol–water partition coefficient (Wildman–Crippen LogP) is 1.65. The van der Waals surface area contributed by atoms with Gasteiger partial charge in [0.05, 0.1) is 5.54 Å². The van der Waals surface area contributed by atoms with E-state index in [9.17, 15) is 9.59 Å². The van der Waals surface area contributed by atoms with Gasteiger partial charge in [0.15, 0.2) is 0 Å².